The van der Waals surface area contributed by atoms with Crippen molar-refractivity contribution in [2.24, 2.45) is 0 Å². The smallest absolute Gasteiger partial charge is 0.241 e. The predicted octanol–water partition coefficient (Wildman–Crippen LogP) is 2.78. The molecule has 0 spiro atoms. The average Bonchev–Trinajstić information content (AvgIpc) is 3.02. The molecule has 1 unspecified atom stereocenters. The zero-order valence-corrected chi connectivity index (χ0v) is 15.0. The zero-order valence-electron chi connectivity index (χ0n) is 13.4. The van der Waals surface area contributed by atoms with Crippen molar-refractivity contribution in [1.29, 1.82) is 0 Å². The maximum Gasteiger partial charge on any atom is 0.241 e. The van der Waals surface area contributed by atoms with Crippen molar-refractivity contribution >= 4 is 28.1 Å². The third-order valence-electron chi connectivity index (χ3n) is 4.43. The fourth-order valence-electron chi connectivity index (χ4n) is 3.26. The van der Waals surface area contributed by atoms with Crippen molar-refractivity contribution in [2.45, 2.75) is 30.2 Å². The van der Waals surface area contributed by atoms with Gasteiger partial charge in [0.25, 0.3) is 0 Å². The third-order valence-corrected chi connectivity index (χ3v) is 5.90. The second-order valence-electron chi connectivity index (χ2n) is 6.04. The topological polar surface area (TPSA) is 90.7 Å². The molecule has 0 saturated heterocycles. The van der Waals surface area contributed by atoms with Gasteiger partial charge in [0.15, 0.2) is 11.5 Å². The molecule has 0 amide bonds. The summed E-state index contributed by atoms with van der Waals surface area (Å²) in [6.45, 7) is 0.115. The number of anilines is 1. The SMILES string of the molecule is Cl.Nc1ccc2c(c1)CCCC2NS(=O)(=O)c1ccc2c(c1)OCO2. The van der Waals surface area contributed by atoms with E-state index in [9.17, 15) is 8.42 Å². The molecule has 2 aliphatic rings. The minimum atomic E-state index is -3.65. The molecule has 1 atom stereocenters. The van der Waals surface area contributed by atoms with Crippen LogP contribution < -0.4 is 19.9 Å². The van der Waals surface area contributed by atoms with Crippen LogP contribution in [-0.4, -0.2) is 15.2 Å². The summed E-state index contributed by atoms with van der Waals surface area (Å²) in [6.07, 6.45) is 2.61. The second kappa shape index (κ2) is 6.74. The maximum atomic E-state index is 12.7. The fraction of sp³-hybridized carbons (Fsp3) is 0.294. The van der Waals surface area contributed by atoms with Crippen LogP contribution in [0.4, 0.5) is 5.69 Å². The molecule has 1 aliphatic heterocycles. The van der Waals surface area contributed by atoms with Gasteiger partial charge in [0.05, 0.1) is 4.90 Å². The summed E-state index contributed by atoms with van der Waals surface area (Å²) < 4.78 is 38.8. The second-order valence-corrected chi connectivity index (χ2v) is 7.75. The van der Waals surface area contributed by atoms with Crippen molar-refractivity contribution in [2.75, 3.05) is 12.5 Å². The summed E-state index contributed by atoms with van der Waals surface area (Å²) in [6, 6.07) is 10.1. The van der Waals surface area contributed by atoms with Gasteiger partial charge < -0.3 is 15.2 Å². The lowest BCUT2D eigenvalue weighted by molar-refractivity contribution is 0.174. The third kappa shape index (κ3) is 3.40. The number of hydrogen-bond acceptors (Lipinski definition) is 5. The first-order chi connectivity index (χ1) is 11.5. The Balaban J connectivity index is 0.00000182. The number of nitrogen functional groups attached to an aromatic ring is 1. The van der Waals surface area contributed by atoms with Gasteiger partial charge in [-0.2, -0.15) is 0 Å². The molecule has 0 bridgehead atoms. The van der Waals surface area contributed by atoms with Crippen molar-refractivity contribution in [1.82, 2.24) is 4.72 Å². The quantitative estimate of drug-likeness (QED) is 0.796. The molecule has 0 fully saturated rings. The van der Waals surface area contributed by atoms with E-state index in [0.717, 1.165) is 30.4 Å². The van der Waals surface area contributed by atoms with E-state index in [1.54, 1.807) is 6.07 Å². The molecule has 1 aliphatic carbocycles. The van der Waals surface area contributed by atoms with Crippen molar-refractivity contribution in [3.05, 3.63) is 47.5 Å². The number of ether oxygens (including phenoxy) is 2. The van der Waals surface area contributed by atoms with Gasteiger partial charge in [-0.3, -0.25) is 0 Å². The van der Waals surface area contributed by atoms with Crippen molar-refractivity contribution in [3.8, 4) is 11.5 Å². The molecule has 0 saturated carbocycles. The Kier molecular flexibility index (Phi) is 4.81. The molecule has 2 aromatic carbocycles. The van der Waals surface area contributed by atoms with E-state index in [2.05, 4.69) is 4.72 Å². The molecule has 134 valence electrons. The van der Waals surface area contributed by atoms with Crippen LogP contribution in [-0.2, 0) is 16.4 Å². The lowest BCUT2D eigenvalue weighted by Gasteiger charge is -2.26. The highest BCUT2D eigenvalue weighted by Gasteiger charge is 2.27. The van der Waals surface area contributed by atoms with E-state index in [0.29, 0.717) is 17.2 Å². The van der Waals surface area contributed by atoms with Crippen LogP contribution in [0.1, 0.15) is 30.0 Å². The normalized spacial score (nSPS) is 18.3. The highest BCUT2D eigenvalue weighted by Crippen LogP contribution is 2.35. The lowest BCUT2D eigenvalue weighted by Crippen LogP contribution is -2.31. The molecule has 25 heavy (non-hydrogen) atoms. The van der Waals surface area contributed by atoms with Crippen LogP contribution in [0.2, 0.25) is 0 Å². The number of fused-ring (bicyclic) bond motifs is 2. The fourth-order valence-corrected chi connectivity index (χ4v) is 4.52. The molecular weight excluding hydrogens is 364 g/mol. The molecule has 0 aromatic heterocycles. The van der Waals surface area contributed by atoms with Gasteiger partial charge in [0.1, 0.15) is 0 Å². The van der Waals surface area contributed by atoms with Gasteiger partial charge in [0.2, 0.25) is 16.8 Å². The Morgan fingerprint density at radius 3 is 2.72 bits per heavy atom. The highest BCUT2D eigenvalue weighted by atomic mass is 35.5. The van der Waals surface area contributed by atoms with Crippen LogP contribution in [0.15, 0.2) is 41.3 Å². The molecule has 6 nitrogen and oxygen atoms in total. The molecule has 0 radical (unpaired) electrons. The first-order valence-corrected chi connectivity index (χ1v) is 9.31. The first kappa shape index (κ1) is 17.8. The molecule has 1 heterocycles. The minimum absolute atomic E-state index is 0. The van der Waals surface area contributed by atoms with E-state index in [1.165, 1.54) is 12.1 Å². The average molecular weight is 383 g/mol. The van der Waals surface area contributed by atoms with E-state index in [1.807, 2.05) is 18.2 Å². The van der Waals surface area contributed by atoms with E-state index in [-0.39, 0.29) is 30.1 Å². The number of sulfonamides is 1. The van der Waals surface area contributed by atoms with Crippen molar-refractivity contribution < 1.29 is 17.9 Å². The lowest BCUT2D eigenvalue weighted by atomic mass is 9.88. The molecule has 3 N–H and O–H groups in total. The Bertz CT molecular complexity index is 902. The zero-order chi connectivity index (χ0) is 16.7. The summed E-state index contributed by atoms with van der Waals surface area (Å²) in [4.78, 5) is 0.175. The number of nitrogens with two attached hydrogens (primary N) is 1. The summed E-state index contributed by atoms with van der Waals surface area (Å²) >= 11 is 0. The van der Waals surface area contributed by atoms with Gasteiger partial charge in [-0.05, 0) is 54.7 Å². The number of hydrogen-bond donors (Lipinski definition) is 2. The number of halogens is 1. The molecule has 8 heteroatoms. The van der Waals surface area contributed by atoms with Crippen LogP contribution in [0.5, 0.6) is 11.5 Å². The van der Waals surface area contributed by atoms with Crippen LogP contribution in [0.25, 0.3) is 0 Å². The summed E-state index contributed by atoms with van der Waals surface area (Å²) in [5, 5.41) is 0. The molecule has 4 rings (SSSR count). The van der Waals surface area contributed by atoms with Crippen LogP contribution >= 0.6 is 12.4 Å². The van der Waals surface area contributed by atoms with Crippen molar-refractivity contribution in [3.63, 3.8) is 0 Å². The van der Waals surface area contributed by atoms with Gasteiger partial charge in [0, 0.05) is 17.8 Å². The number of nitrogens with one attached hydrogen (secondary N) is 1. The highest BCUT2D eigenvalue weighted by molar-refractivity contribution is 7.89. The maximum absolute atomic E-state index is 12.7. The van der Waals surface area contributed by atoms with Crippen LogP contribution in [0, 0.1) is 0 Å². The summed E-state index contributed by atoms with van der Waals surface area (Å²) in [5.74, 6) is 1.02. The van der Waals surface area contributed by atoms with Gasteiger partial charge >= 0.3 is 0 Å². The van der Waals surface area contributed by atoms with Gasteiger partial charge in [-0.25, -0.2) is 13.1 Å². The number of benzene rings is 2. The number of rotatable bonds is 3. The molecular formula is C17H19ClN2O4S. The van der Waals surface area contributed by atoms with Gasteiger partial charge in [-0.1, -0.05) is 6.07 Å². The Morgan fingerprint density at radius 1 is 1.08 bits per heavy atom. The van der Waals surface area contributed by atoms with Gasteiger partial charge in [-0.15, -0.1) is 12.4 Å². The Labute approximate surface area is 152 Å². The predicted molar refractivity (Wildman–Crippen MR) is 96.7 cm³/mol. The van der Waals surface area contributed by atoms with Crippen LogP contribution in [0.3, 0.4) is 0 Å². The standard InChI is InChI=1S/C17H18N2O4S.ClH/c18-12-4-6-14-11(8-12)2-1-3-15(14)19-24(20,21)13-5-7-16-17(9-13)23-10-22-16;/h4-9,15,19H,1-3,10,18H2;1H. The minimum Gasteiger partial charge on any atom is -0.454 e. The largest absolute Gasteiger partial charge is 0.454 e. The molecule has 2 aromatic rings. The Hall–Kier alpha value is -1.96. The Morgan fingerprint density at radius 2 is 1.88 bits per heavy atom. The first-order valence-electron chi connectivity index (χ1n) is 7.83. The summed E-state index contributed by atoms with van der Waals surface area (Å²) in [7, 11) is -3.65. The van der Waals surface area contributed by atoms with E-state index < -0.39 is 10.0 Å². The number of aryl methyl sites for hydroxylation is 1. The monoisotopic (exact) mass is 382 g/mol. The van der Waals surface area contributed by atoms with E-state index >= 15 is 0 Å². The van der Waals surface area contributed by atoms with E-state index in [4.69, 9.17) is 15.2 Å². The summed E-state index contributed by atoms with van der Waals surface area (Å²) in [5.41, 5.74) is 8.65.